The summed E-state index contributed by atoms with van der Waals surface area (Å²) < 4.78 is 5.54. The summed E-state index contributed by atoms with van der Waals surface area (Å²) in [5.74, 6) is 0.506. The molecule has 0 saturated heterocycles. The van der Waals surface area contributed by atoms with E-state index in [0.29, 0.717) is 28.9 Å². The van der Waals surface area contributed by atoms with Crippen LogP contribution in [0.2, 0.25) is 0 Å². The van der Waals surface area contributed by atoms with Crippen LogP contribution in [-0.4, -0.2) is 49.6 Å². The van der Waals surface area contributed by atoms with Gasteiger partial charge in [-0.2, -0.15) is 5.26 Å². The summed E-state index contributed by atoms with van der Waals surface area (Å²) in [6.45, 7) is 4.07. The average molecular weight is 488 g/mol. The van der Waals surface area contributed by atoms with Crippen molar-refractivity contribution in [3.8, 4) is 23.1 Å². The number of benzene rings is 2. The monoisotopic (exact) mass is 487 g/mol. The number of fused-ring (bicyclic) bond motifs is 1. The number of allylic oxidation sites excluding steroid dienone is 1. The number of amides is 1. The van der Waals surface area contributed by atoms with Crippen molar-refractivity contribution in [3.05, 3.63) is 64.6 Å². The zero-order chi connectivity index (χ0) is 24.9. The highest BCUT2D eigenvalue weighted by Gasteiger charge is 2.19. The van der Waals surface area contributed by atoms with Crippen molar-refractivity contribution >= 4 is 33.7 Å². The summed E-state index contributed by atoms with van der Waals surface area (Å²) in [4.78, 5) is 19.7. The molecule has 180 valence electrons. The second kappa shape index (κ2) is 10.7. The van der Waals surface area contributed by atoms with Crippen LogP contribution in [0, 0.1) is 11.3 Å². The highest BCUT2D eigenvalue weighted by Crippen LogP contribution is 2.36. The van der Waals surface area contributed by atoms with Gasteiger partial charge in [0.2, 0.25) is 0 Å². The molecule has 1 amide bonds. The molecule has 1 aliphatic carbocycles. The van der Waals surface area contributed by atoms with Crippen LogP contribution in [0.25, 0.3) is 22.0 Å². The van der Waals surface area contributed by atoms with E-state index in [1.807, 2.05) is 35.7 Å². The molecule has 1 aromatic heterocycles. The van der Waals surface area contributed by atoms with Gasteiger partial charge in [0, 0.05) is 40.2 Å². The van der Waals surface area contributed by atoms with E-state index in [0.717, 1.165) is 52.7 Å². The molecule has 0 spiro atoms. The lowest BCUT2D eigenvalue weighted by atomic mass is 9.98. The lowest BCUT2D eigenvalue weighted by molar-refractivity contribution is 0.0962. The summed E-state index contributed by atoms with van der Waals surface area (Å²) in [6.07, 6.45) is 4.94. The van der Waals surface area contributed by atoms with Crippen LogP contribution in [0.4, 0.5) is 5.69 Å². The van der Waals surface area contributed by atoms with Gasteiger partial charge >= 0.3 is 0 Å². The molecule has 4 rings (SSSR count). The third-order valence-corrected chi connectivity index (χ3v) is 7.06. The van der Waals surface area contributed by atoms with Gasteiger partial charge in [-0.05, 0) is 50.9 Å². The molecule has 1 heterocycles. The third kappa shape index (κ3) is 5.53. The van der Waals surface area contributed by atoms with Crippen LogP contribution in [0.1, 0.15) is 29.1 Å². The van der Waals surface area contributed by atoms with Crippen LogP contribution in [-0.2, 0) is 0 Å². The number of thiazole rings is 1. The summed E-state index contributed by atoms with van der Waals surface area (Å²) >= 11 is 1.33. The Balaban J connectivity index is 1.56. The fourth-order valence-electron chi connectivity index (χ4n) is 4.16. The Morgan fingerprint density at radius 1 is 1.34 bits per heavy atom. The van der Waals surface area contributed by atoms with Crippen molar-refractivity contribution in [1.29, 1.82) is 5.26 Å². The van der Waals surface area contributed by atoms with Crippen molar-refractivity contribution in [2.24, 2.45) is 0 Å². The number of ether oxygens (including phenoxy) is 1. The molecule has 0 saturated carbocycles. The summed E-state index contributed by atoms with van der Waals surface area (Å²) in [5.41, 5.74) is 3.83. The predicted molar refractivity (Wildman–Crippen MR) is 142 cm³/mol. The van der Waals surface area contributed by atoms with E-state index in [-0.39, 0.29) is 5.91 Å². The zero-order valence-electron chi connectivity index (χ0n) is 20.2. The van der Waals surface area contributed by atoms with Crippen molar-refractivity contribution in [1.82, 2.24) is 15.2 Å². The van der Waals surface area contributed by atoms with E-state index in [4.69, 9.17) is 10.00 Å². The number of rotatable bonds is 8. The minimum absolute atomic E-state index is 0.171. The summed E-state index contributed by atoms with van der Waals surface area (Å²) in [5, 5.41) is 19.7. The Hall–Kier alpha value is -3.67. The number of hydrogen-bond acceptors (Lipinski definition) is 7. The first kappa shape index (κ1) is 24.5. The number of methoxy groups -OCH3 is 1. The van der Waals surface area contributed by atoms with Gasteiger partial charge in [-0.3, -0.25) is 4.79 Å². The van der Waals surface area contributed by atoms with Gasteiger partial charge in [0.15, 0.2) is 5.01 Å². The molecule has 1 aliphatic rings. The molecule has 1 atom stereocenters. The van der Waals surface area contributed by atoms with Crippen LogP contribution >= 0.6 is 11.3 Å². The molecule has 3 aromatic rings. The molecular weight excluding hydrogens is 458 g/mol. The van der Waals surface area contributed by atoms with Crippen molar-refractivity contribution in [2.45, 2.75) is 25.3 Å². The van der Waals surface area contributed by atoms with Crippen molar-refractivity contribution < 1.29 is 9.53 Å². The minimum atomic E-state index is -0.171. The van der Waals surface area contributed by atoms with Gasteiger partial charge in [0.05, 0.1) is 24.6 Å². The number of nitriles is 1. The SMILES string of the molecule is C=C(C#N)CNc1c(OC)ccc2ccc(-c3csc(C(=O)NC4=CC[C@H](N(C)C)CC4)n3)cc12. The average Bonchev–Trinajstić information content (AvgIpc) is 3.37. The first-order chi connectivity index (χ1) is 16.9. The highest BCUT2D eigenvalue weighted by molar-refractivity contribution is 7.12. The summed E-state index contributed by atoms with van der Waals surface area (Å²) in [7, 11) is 5.79. The van der Waals surface area contributed by atoms with Gasteiger partial charge in [-0.25, -0.2) is 4.98 Å². The quantitative estimate of drug-likeness (QED) is 0.425. The maximum absolute atomic E-state index is 12.8. The molecular formula is C27H29N5O2S. The van der Waals surface area contributed by atoms with Crippen LogP contribution < -0.4 is 15.4 Å². The maximum atomic E-state index is 12.8. The number of nitrogens with one attached hydrogen (secondary N) is 2. The Morgan fingerprint density at radius 3 is 2.83 bits per heavy atom. The van der Waals surface area contributed by atoms with E-state index in [1.165, 1.54) is 11.3 Å². The Morgan fingerprint density at radius 2 is 2.14 bits per heavy atom. The first-order valence-corrected chi connectivity index (χ1v) is 12.3. The molecule has 2 N–H and O–H groups in total. The third-order valence-electron chi connectivity index (χ3n) is 6.22. The molecule has 0 radical (unpaired) electrons. The van der Waals surface area contributed by atoms with E-state index < -0.39 is 0 Å². The van der Waals surface area contributed by atoms with Crippen LogP contribution in [0.15, 0.2) is 59.6 Å². The van der Waals surface area contributed by atoms with Crippen LogP contribution in [0.5, 0.6) is 5.75 Å². The number of carbonyl (C=O) groups is 1. The van der Waals surface area contributed by atoms with Crippen LogP contribution in [0.3, 0.4) is 0 Å². The Kier molecular flexibility index (Phi) is 7.49. The van der Waals surface area contributed by atoms with Gasteiger partial charge in [-0.1, -0.05) is 30.9 Å². The Bertz CT molecular complexity index is 1340. The summed E-state index contributed by atoms with van der Waals surface area (Å²) in [6, 6.07) is 12.5. The van der Waals surface area contributed by atoms with Crippen molar-refractivity contribution in [2.75, 3.05) is 33.1 Å². The van der Waals surface area contributed by atoms with Crippen molar-refractivity contribution in [3.63, 3.8) is 0 Å². The number of nitrogens with zero attached hydrogens (tertiary/aromatic N) is 3. The molecule has 0 bridgehead atoms. The molecule has 8 heteroatoms. The number of hydrogen-bond donors (Lipinski definition) is 2. The lowest BCUT2D eigenvalue weighted by Crippen LogP contribution is -2.32. The zero-order valence-corrected chi connectivity index (χ0v) is 21.0. The standard InChI is InChI=1S/C27H29N5O2S/c1-17(14-28)15-29-25-22-13-19(6-5-18(22)7-12-24(25)34-4)23-16-35-27(31-23)26(33)30-20-8-10-21(11-9-20)32(2)3/h5-8,12-13,16,21,29H,1,9-11,15H2,2-4H3,(H,30,33)/t21-/m0/s1. The molecule has 0 unspecified atom stereocenters. The number of anilines is 1. The van der Waals surface area contributed by atoms with Gasteiger partial charge in [0.25, 0.3) is 5.91 Å². The molecule has 0 fully saturated rings. The van der Waals surface area contributed by atoms with E-state index in [2.05, 4.69) is 53.3 Å². The predicted octanol–water partition coefficient (Wildman–Crippen LogP) is 5.19. The first-order valence-electron chi connectivity index (χ1n) is 11.4. The molecule has 0 aliphatic heterocycles. The number of aromatic nitrogens is 1. The van der Waals surface area contributed by atoms with E-state index in [1.54, 1.807) is 7.11 Å². The molecule has 2 aromatic carbocycles. The Labute approximate surface area is 209 Å². The van der Waals surface area contributed by atoms with Gasteiger partial charge < -0.3 is 20.3 Å². The normalized spacial score (nSPS) is 15.4. The maximum Gasteiger partial charge on any atom is 0.284 e. The lowest BCUT2D eigenvalue weighted by Gasteiger charge is -2.27. The van der Waals surface area contributed by atoms with Gasteiger partial charge in [-0.15, -0.1) is 11.3 Å². The smallest absolute Gasteiger partial charge is 0.284 e. The van der Waals surface area contributed by atoms with E-state index in [9.17, 15) is 4.79 Å². The topological polar surface area (TPSA) is 90.3 Å². The second-order valence-corrected chi connectivity index (χ2v) is 9.62. The second-order valence-electron chi connectivity index (χ2n) is 8.76. The van der Waals surface area contributed by atoms with Gasteiger partial charge in [0.1, 0.15) is 5.75 Å². The fraction of sp³-hybridized carbons (Fsp3) is 0.296. The molecule has 35 heavy (non-hydrogen) atoms. The largest absolute Gasteiger partial charge is 0.495 e. The number of carbonyl (C=O) groups excluding carboxylic acids is 1. The minimum Gasteiger partial charge on any atom is -0.495 e. The highest BCUT2D eigenvalue weighted by atomic mass is 32.1. The fourth-order valence-corrected chi connectivity index (χ4v) is 4.88. The molecule has 7 nitrogen and oxygen atoms in total. The van der Waals surface area contributed by atoms with E-state index >= 15 is 0 Å².